The number of amides is 2. The monoisotopic (exact) mass is 298 g/mol. The highest BCUT2D eigenvalue weighted by Gasteiger charge is 2.54. The highest BCUT2D eigenvalue weighted by atomic mass is 16.2. The van der Waals surface area contributed by atoms with Crippen LogP contribution >= 0.6 is 0 Å². The molecule has 2 fully saturated rings. The molecule has 0 unspecified atom stereocenters. The number of allylic oxidation sites excluding steroid dienone is 1. The lowest BCUT2D eigenvalue weighted by Crippen LogP contribution is -2.48. The average Bonchev–Trinajstić information content (AvgIpc) is 3.23. The molecule has 1 saturated carbocycles. The third kappa shape index (κ3) is 2.54. The number of nitrogens with zero attached hydrogens (tertiary/aromatic N) is 2. The van der Waals surface area contributed by atoms with Gasteiger partial charge in [-0.15, -0.1) is 0 Å². The van der Waals surface area contributed by atoms with E-state index in [9.17, 15) is 9.59 Å². The summed E-state index contributed by atoms with van der Waals surface area (Å²) in [6.45, 7) is 3.19. The second-order valence-corrected chi connectivity index (χ2v) is 6.02. The van der Waals surface area contributed by atoms with Crippen molar-refractivity contribution in [1.82, 2.24) is 10.0 Å². The number of benzene rings is 1. The topological polar surface area (TPSA) is 40.6 Å². The van der Waals surface area contributed by atoms with Crippen molar-refractivity contribution in [2.45, 2.75) is 38.0 Å². The molecule has 0 bridgehead atoms. The van der Waals surface area contributed by atoms with Gasteiger partial charge in [0.2, 0.25) is 5.91 Å². The van der Waals surface area contributed by atoms with Crippen LogP contribution < -0.4 is 0 Å². The summed E-state index contributed by atoms with van der Waals surface area (Å²) >= 11 is 0. The molecule has 3 rings (SSSR count). The molecule has 4 heteroatoms. The van der Waals surface area contributed by atoms with E-state index in [1.807, 2.05) is 49.4 Å². The first-order valence-electron chi connectivity index (χ1n) is 7.98. The van der Waals surface area contributed by atoms with E-state index < -0.39 is 5.41 Å². The van der Waals surface area contributed by atoms with Crippen LogP contribution in [0.1, 0.15) is 38.2 Å². The van der Waals surface area contributed by atoms with E-state index in [0.29, 0.717) is 19.5 Å². The minimum atomic E-state index is -0.398. The Morgan fingerprint density at radius 3 is 2.45 bits per heavy atom. The first-order valence-corrected chi connectivity index (χ1v) is 7.98. The Morgan fingerprint density at radius 1 is 1.14 bits per heavy atom. The zero-order valence-corrected chi connectivity index (χ0v) is 13.0. The summed E-state index contributed by atoms with van der Waals surface area (Å²) in [6.07, 6.45) is 6.68. The number of rotatable bonds is 4. The standard InChI is InChI=1S/C18H22N2O2/c1-2-3-10-16(21)19-13-7-14-20(19)17(22)18(11-12-18)15-8-5-4-6-9-15/h2-6,8-9H,7,10-14H2,1H3. The van der Waals surface area contributed by atoms with E-state index in [-0.39, 0.29) is 11.8 Å². The fraction of sp³-hybridized carbons (Fsp3) is 0.444. The number of hydrogen-bond acceptors (Lipinski definition) is 2. The van der Waals surface area contributed by atoms with Gasteiger partial charge < -0.3 is 0 Å². The van der Waals surface area contributed by atoms with Crippen molar-refractivity contribution in [2.75, 3.05) is 13.1 Å². The van der Waals surface area contributed by atoms with E-state index in [4.69, 9.17) is 0 Å². The Bertz CT molecular complexity index is 590. The molecule has 0 atom stereocenters. The van der Waals surface area contributed by atoms with Gasteiger partial charge in [0, 0.05) is 19.5 Å². The van der Waals surface area contributed by atoms with Crippen LogP contribution in [-0.4, -0.2) is 34.9 Å². The van der Waals surface area contributed by atoms with Crippen LogP contribution in [0.25, 0.3) is 0 Å². The van der Waals surface area contributed by atoms with Gasteiger partial charge in [0.05, 0.1) is 5.41 Å². The maximum Gasteiger partial charge on any atom is 0.251 e. The van der Waals surface area contributed by atoms with Crippen molar-refractivity contribution < 1.29 is 9.59 Å². The summed E-state index contributed by atoms with van der Waals surface area (Å²) < 4.78 is 0. The predicted octanol–water partition coefficient (Wildman–Crippen LogP) is 2.66. The first-order chi connectivity index (χ1) is 10.7. The third-order valence-corrected chi connectivity index (χ3v) is 4.57. The summed E-state index contributed by atoms with van der Waals surface area (Å²) in [7, 11) is 0. The van der Waals surface area contributed by atoms with Crippen LogP contribution in [-0.2, 0) is 15.0 Å². The molecule has 1 aromatic rings. The van der Waals surface area contributed by atoms with Gasteiger partial charge in [-0.1, -0.05) is 42.5 Å². The molecule has 0 radical (unpaired) electrons. The fourth-order valence-corrected chi connectivity index (χ4v) is 3.16. The van der Waals surface area contributed by atoms with E-state index in [2.05, 4.69) is 0 Å². The molecule has 4 nitrogen and oxygen atoms in total. The summed E-state index contributed by atoms with van der Waals surface area (Å²) in [5, 5.41) is 3.33. The third-order valence-electron chi connectivity index (χ3n) is 4.57. The smallest absolute Gasteiger partial charge is 0.251 e. The molecule has 1 aliphatic heterocycles. The summed E-state index contributed by atoms with van der Waals surface area (Å²) in [5.41, 5.74) is 0.679. The lowest BCUT2D eigenvalue weighted by molar-refractivity contribution is -0.159. The Labute approximate surface area is 131 Å². The van der Waals surface area contributed by atoms with Crippen molar-refractivity contribution in [3.05, 3.63) is 48.0 Å². The molecule has 0 spiro atoms. The van der Waals surface area contributed by atoms with Gasteiger partial charge in [0.25, 0.3) is 5.91 Å². The maximum absolute atomic E-state index is 13.0. The zero-order chi connectivity index (χ0) is 15.6. The molecule has 0 N–H and O–H groups in total. The molecule has 0 aromatic heterocycles. The van der Waals surface area contributed by atoms with Gasteiger partial charge >= 0.3 is 0 Å². The second-order valence-electron chi connectivity index (χ2n) is 6.02. The van der Waals surface area contributed by atoms with E-state index in [1.54, 1.807) is 10.0 Å². The zero-order valence-electron chi connectivity index (χ0n) is 13.0. The van der Waals surface area contributed by atoms with E-state index in [1.165, 1.54) is 0 Å². The van der Waals surface area contributed by atoms with Gasteiger partial charge in [-0.2, -0.15) is 0 Å². The number of carbonyl (C=O) groups is 2. The molecule has 1 saturated heterocycles. The molecule has 2 aliphatic rings. The SMILES string of the molecule is CC=CCC(=O)N1CCCN1C(=O)C1(c2ccccc2)CC1. The maximum atomic E-state index is 13.0. The second kappa shape index (κ2) is 5.95. The van der Waals surface area contributed by atoms with Gasteiger partial charge in [0.15, 0.2) is 0 Å². The summed E-state index contributed by atoms with van der Waals surface area (Å²) in [6, 6.07) is 9.95. The van der Waals surface area contributed by atoms with Crippen molar-refractivity contribution in [2.24, 2.45) is 0 Å². The minimum Gasteiger partial charge on any atom is -0.273 e. The lowest BCUT2D eigenvalue weighted by Gasteiger charge is -2.31. The Hall–Kier alpha value is -2.10. The molecular weight excluding hydrogens is 276 g/mol. The fourth-order valence-electron chi connectivity index (χ4n) is 3.16. The van der Waals surface area contributed by atoms with E-state index in [0.717, 1.165) is 24.8 Å². The average molecular weight is 298 g/mol. The molecule has 1 aliphatic carbocycles. The lowest BCUT2D eigenvalue weighted by atomic mass is 9.95. The highest BCUT2D eigenvalue weighted by Crippen LogP contribution is 2.50. The first kappa shape index (κ1) is 14.8. The van der Waals surface area contributed by atoms with Crippen LogP contribution in [0.3, 0.4) is 0 Å². The Morgan fingerprint density at radius 2 is 1.82 bits per heavy atom. The van der Waals surface area contributed by atoms with Crippen molar-refractivity contribution in [1.29, 1.82) is 0 Å². The number of hydrogen-bond donors (Lipinski definition) is 0. The summed E-state index contributed by atoms with van der Waals surface area (Å²) in [4.78, 5) is 25.3. The van der Waals surface area contributed by atoms with Crippen LogP contribution in [0, 0.1) is 0 Å². The van der Waals surface area contributed by atoms with E-state index >= 15 is 0 Å². The van der Waals surface area contributed by atoms with Crippen molar-refractivity contribution in [3.8, 4) is 0 Å². The molecule has 22 heavy (non-hydrogen) atoms. The minimum absolute atomic E-state index is 0.00723. The quantitative estimate of drug-likeness (QED) is 0.802. The largest absolute Gasteiger partial charge is 0.273 e. The molecular formula is C18H22N2O2. The molecule has 2 amide bonds. The molecule has 116 valence electrons. The van der Waals surface area contributed by atoms with Gasteiger partial charge in [0.1, 0.15) is 0 Å². The van der Waals surface area contributed by atoms with Gasteiger partial charge in [-0.05, 0) is 31.7 Å². The number of carbonyl (C=O) groups excluding carboxylic acids is 2. The van der Waals surface area contributed by atoms with Gasteiger partial charge in [-0.3, -0.25) is 19.6 Å². The summed E-state index contributed by atoms with van der Waals surface area (Å²) in [5.74, 6) is 0.0952. The van der Waals surface area contributed by atoms with Crippen molar-refractivity contribution >= 4 is 11.8 Å². The normalized spacial score (nSPS) is 19.7. The molecule has 1 heterocycles. The van der Waals surface area contributed by atoms with Gasteiger partial charge in [-0.25, -0.2) is 0 Å². The Kier molecular flexibility index (Phi) is 4.01. The van der Waals surface area contributed by atoms with Crippen molar-refractivity contribution in [3.63, 3.8) is 0 Å². The van der Waals surface area contributed by atoms with Crippen LogP contribution in [0.5, 0.6) is 0 Å². The predicted molar refractivity (Wildman–Crippen MR) is 84.8 cm³/mol. The number of hydrazine groups is 1. The van der Waals surface area contributed by atoms with Crippen LogP contribution in [0.15, 0.2) is 42.5 Å². The molecule has 1 aromatic carbocycles. The Balaban J connectivity index is 1.78. The van der Waals surface area contributed by atoms with Crippen LogP contribution in [0.2, 0.25) is 0 Å². The van der Waals surface area contributed by atoms with Crippen LogP contribution in [0.4, 0.5) is 0 Å². The highest BCUT2D eigenvalue weighted by molar-refractivity contribution is 5.93.